The van der Waals surface area contributed by atoms with E-state index in [1.54, 1.807) is 6.07 Å². The molecular weight excluding hydrogens is 300 g/mol. The molecule has 0 aliphatic heterocycles. The van der Waals surface area contributed by atoms with Gasteiger partial charge < -0.3 is 0 Å². The van der Waals surface area contributed by atoms with E-state index in [0.29, 0.717) is 10.2 Å². The van der Waals surface area contributed by atoms with Crippen LogP contribution in [-0.4, -0.2) is 19.5 Å². The van der Waals surface area contributed by atoms with Gasteiger partial charge in [-0.15, -0.1) is 0 Å². The van der Waals surface area contributed by atoms with Crippen LogP contribution in [0.1, 0.15) is 25.0 Å². The first-order valence-electron chi connectivity index (χ1n) is 5.54. The van der Waals surface area contributed by atoms with Crippen molar-refractivity contribution in [1.29, 1.82) is 0 Å². The van der Waals surface area contributed by atoms with E-state index in [1.165, 1.54) is 0 Å². The fourth-order valence-corrected chi connectivity index (χ4v) is 4.34. The predicted octanol–water partition coefficient (Wildman–Crippen LogP) is 3.50. The minimum atomic E-state index is -3.21. The second kappa shape index (κ2) is 5.11. The van der Waals surface area contributed by atoms with Gasteiger partial charge in [-0.3, -0.25) is 0 Å². The van der Waals surface area contributed by atoms with Gasteiger partial charge in [0.25, 0.3) is 0 Å². The summed E-state index contributed by atoms with van der Waals surface area (Å²) in [5.41, 5.74) is 1.54. The summed E-state index contributed by atoms with van der Waals surface area (Å²) in [4.78, 5) is 0.464. The number of aryl methyl sites for hydroxylation is 2. The lowest BCUT2D eigenvalue weighted by molar-refractivity contribution is 0.474. The maximum Gasteiger partial charge on any atom is 0.179 e. The molecule has 1 rings (SSSR count). The Hall–Kier alpha value is -0.350. The highest BCUT2D eigenvalue weighted by Crippen LogP contribution is 2.26. The topological polar surface area (TPSA) is 34.1 Å². The molecule has 96 valence electrons. The van der Waals surface area contributed by atoms with E-state index in [0.717, 1.165) is 11.1 Å². The van der Waals surface area contributed by atoms with E-state index >= 15 is 0 Å². The molecule has 1 aromatic rings. The molecule has 0 fully saturated rings. The Balaban J connectivity index is 3.18. The minimum Gasteiger partial charge on any atom is -0.224 e. The van der Waals surface area contributed by atoms with Crippen molar-refractivity contribution in [3.8, 4) is 0 Å². The van der Waals surface area contributed by atoms with Crippen molar-refractivity contribution in [2.45, 2.75) is 32.6 Å². The Morgan fingerprint density at radius 1 is 1.24 bits per heavy atom. The molecule has 0 amide bonds. The quantitative estimate of drug-likeness (QED) is 0.796. The SMILES string of the molecule is Cc1ccc(C)c(S(=O)(=O)CC(C)(C)CBr)c1. The number of hydrogen-bond donors (Lipinski definition) is 0. The van der Waals surface area contributed by atoms with Crippen LogP contribution in [0, 0.1) is 19.3 Å². The summed E-state index contributed by atoms with van der Waals surface area (Å²) in [6, 6.07) is 5.56. The number of benzene rings is 1. The summed E-state index contributed by atoms with van der Waals surface area (Å²) < 4.78 is 24.7. The maximum absolute atomic E-state index is 12.4. The second-order valence-corrected chi connectivity index (χ2v) is 7.84. The van der Waals surface area contributed by atoms with Gasteiger partial charge in [-0.05, 0) is 36.5 Å². The standard InChI is InChI=1S/C13H19BrO2S/c1-10-5-6-11(2)12(7-10)17(15,16)9-13(3,4)8-14/h5-7H,8-9H2,1-4H3. The summed E-state index contributed by atoms with van der Waals surface area (Å²) in [5, 5.41) is 0.671. The van der Waals surface area contributed by atoms with Crippen molar-refractivity contribution in [3.05, 3.63) is 29.3 Å². The van der Waals surface area contributed by atoms with Crippen molar-refractivity contribution < 1.29 is 8.42 Å². The first-order chi connectivity index (χ1) is 7.68. The third kappa shape index (κ3) is 3.81. The molecule has 0 saturated heterocycles. The molecule has 0 saturated carbocycles. The molecule has 0 bridgehead atoms. The highest BCUT2D eigenvalue weighted by Gasteiger charge is 2.27. The summed E-state index contributed by atoms with van der Waals surface area (Å²) >= 11 is 3.36. The Kier molecular flexibility index (Phi) is 4.42. The lowest BCUT2D eigenvalue weighted by atomic mass is 10.0. The van der Waals surface area contributed by atoms with Crippen LogP contribution in [0.3, 0.4) is 0 Å². The van der Waals surface area contributed by atoms with Crippen molar-refractivity contribution in [2.24, 2.45) is 5.41 Å². The van der Waals surface area contributed by atoms with Gasteiger partial charge in [-0.2, -0.15) is 0 Å². The number of halogens is 1. The van der Waals surface area contributed by atoms with Gasteiger partial charge in [-0.1, -0.05) is 41.9 Å². The van der Waals surface area contributed by atoms with E-state index in [1.807, 2.05) is 39.8 Å². The Morgan fingerprint density at radius 3 is 2.35 bits per heavy atom. The average molecular weight is 319 g/mol. The molecule has 2 nitrogen and oxygen atoms in total. The van der Waals surface area contributed by atoms with Crippen LogP contribution in [-0.2, 0) is 9.84 Å². The predicted molar refractivity (Wildman–Crippen MR) is 75.5 cm³/mol. The lowest BCUT2D eigenvalue weighted by Crippen LogP contribution is -2.26. The third-order valence-electron chi connectivity index (χ3n) is 2.62. The van der Waals surface area contributed by atoms with Crippen LogP contribution in [0.2, 0.25) is 0 Å². The average Bonchev–Trinajstić information content (AvgIpc) is 2.20. The molecule has 0 atom stereocenters. The fraction of sp³-hybridized carbons (Fsp3) is 0.538. The molecular formula is C13H19BrO2S. The van der Waals surface area contributed by atoms with Crippen molar-refractivity contribution >= 4 is 25.8 Å². The first kappa shape index (κ1) is 14.7. The van der Waals surface area contributed by atoms with Gasteiger partial charge in [0.1, 0.15) is 0 Å². The zero-order valence-electron chi connectivity index (χ0n) is 10.7. The highest BCUT2D eigenvalue weighted by atomic mass is 79.9. The molecule has 4 heteroatoms. The first-order valence-corrected chi connectivity index (χ1v) is 8.31. The van der Waals surface area contributed by atoms with E-state index in [4.69, 9.17) is 0 Å². The second-order valence-electron chi connectivity index (χ2n) is 5.33. The Labute approximate surface area is 112 Å². The van der Waals surface area contributed by atoms with Crippen LogP contribution in [0.4, 0.5) is 0 Å². The Bertz CT molecular complexity index is 504. The van der Waals surface area contributed by atoms with Crippen molar-refractivity contribution in [2.75, 3.05) is 11.1 Å². The van der Waals surface area contributed by atoms with Gasteiger partial charge in [0, 0.05) is 5.33 Å². The molecule has 0 radical (unpaired) electrons. The number of alkyl halides is 1. The zero-order valence-corrected chi connectivity index (χ0v) is 13.2. The van der Waals surface area contributed by atoms with Gasteiger partial charge >= 0.3 is 0 Å². The normalized spacial score (nSPS) is 12.8. The molecule has 0 unspecified atom stereocenters. The van der Waals surface area contributed by atoms with Crippen LogP contribution in [0.15, 0.2) is 23.1 Å². The molecule has 0 N–H and O–H groups in total. The van der Waals surface area contributed by atoms with Crippen LogP contribution in [0.5, 0.6) is 0 Å². The highest BCUT2D eigenvalue weighted by molar-refractivity contribution is 9.09. The van der Waals surface area contributed by atoms with Crippen molar-refractivity contribution in [1.82, 2.24) is 0 Å². The molecule has 0 aliphatic carbocycles. The summed E-state index contributed by atoms with van der Waals surface area (Å²) in [6.07, 6.45) is 0. The van der Waals surface area contributed by atoms with Gasteiger partial charge in [0.15, 0.2) is 9.84 Å². The summed E-state index contributed by atoms with van der Waals surface area (Å²) in [5.74, 6) is 0.162. The van der Waals surface area contributed by atoms with Crippen molar-refractivity contribution in [3.63, 3.8) is 0 Å². The number of hydrogen-bond acceptors (Lipinski definition) is 2. The van der Waals surface area contributed by atoms with E-state index in [2.05, 4.69) is 15.9 Å². The van der Waals surface area contributed by atoms with Gasteiger partial charge in [0.05, 0.1) is 10.6 Å². The summed E-state index contributed by atoms with van der Waals surface area (Å²) in [6.45, 7) is 7.65. The van der Waals surface area contributed by atoms with Gasteiger partial charge in [-0.25, -0.2) is 8.42 Å². The molecule has 0 heterocycles. The smallest absolute Gasteiger partial charge is 0.179 e. The number of rotatable bonds is 4. The Morgan fingerprint density at radius 2 is 1.82 bits per heavy atom. The third-order valence-corrected chi connectivity index (χ3v) is 6.41. The van der Waals surface area contributed by atoms with E-state index in [-0.39, 0.29) is 11.2 Å². The van der Waals surface area contributed by atoms with Gasteiger partial charge in [0.2, 0.25) is 0 Å². The van der Waals surface area contributed by atoms with Crippen LogP contribution < -0.4 is 0 Å². The monoisotopic (exact) mass is 318 g/mol. The molecule has 0 aliphatic rings. The largest absolute Gasteiger partial charge is 0.224 e. The summed E-state index contributed by atoms with van der Waals surface area (Å²) in [7, 11) is -3.21. The fourth-order valence-electron chi connectivity index (χ4n) is 1.67. The lowest BCUT2D eigenvalue weighted by Gasteiger charge is -2.22. The van der Waals surface area contributed by atoms with Crippen LogP contribution in [0.25, 0.3) is 0 Å². The molecule has 17 heavy (non-hydrogen) atoms. The minimum absolute atomic E-state index is 0.162. The van der Waals surface area contributed by atoms with E-state index in [9.17, 15) is 8.42 Å². The molecule has 0 spiro atoms. The van der Waals surface area contributed by atoms with Crippen LogP contribution >= 0.6 is 15.9 Å². The number of sulfone groups is 1. The van der Waals surface area contributed by atoms with E-state index < -0.39 is 9.84 Å². The molecule has 1 aromatic carbocycles. The zero-order chi connectivity index (χ0) is 13.3. The maximum atomic E-state index is 12.4. The molecule has 0 aromatic heterocycles.